The molecule has 3 rings (SSSR count). The smallest absolute Gasteiger partial charge is 0.0460 e. The third-order valence-electron chi connectivity index (χ3n) is 5.22. The van der Waals surface area contributed by atoms with E-state index in [2.05, 4.69) is 24.0 Å². The summed E-state index contributed by atoms with van der Waals surface area (Å²) >= 11 is 6.15. The van der Waals surface area contributed by atoms with E-state index in [0.717, 1.165) is 10.9 Å². The lowest BCUT2D eigenvalue weighted by Gasteiger charge is -2.22. The Balaban J connectivity index is 1.54. The van der Waals surface area contributed by atoms with Gasteiger partial charge in [-0.3, -0.25) is 0 Å². The fourth-order valence-electron chi connectivity index (χ4n) is 3.93. The number of aryl methyl sites for hydroxylation is 1. The van der Waals surface area contributed by atoms with Gasteiger partial charge in [-0.2, -0.15) is 0 Å². The van der Waals surface area contributed by atoms with Crippen molar-refractivity contribution in [3.05, 3.63) is 34.5 Å². The van der Waals surface area contributed by atoms with Crippen molar-refractivity contribution < 1.29 is 0 Å². The minimum atomic E-state index is 0.850. The number of rotatable bonds is 7. The maximum Gasteiger partial charge on any atom is 0.0460 e. The van der Waals surface area contributed by atoms with Crippen LogP contribution in [0.25, 0.3) is 10.9 Å². The molecule has 0 radical (unpaired) electrons. The van der Waals surface area contributed by atoms with Gasteiger partial charge in [-0.1, -0.05) is 63.5 Å². The monoisotopic (exact) mass is 317 g/mol. The van der Waals surface area contributed by atoms with Crippen molar-refractivity contribution in [1.82, 2.24) is 4.98 Å². The van der Waals surface area contributed by atoms with Gasteiger partial charge in [0, 0.05) is 21.6 Å². The van der Waals surface area contributed by atoms with E-state index >= 15 is 0 Å². The van der Waals surface area contributed by atoms with Crippen LogP contribution in [0.2, 0.25) is 5.02 Å². The second kappa shape index (κ2) is 7.55. The van der Waals surface area contributed by atoms with E-state index in [1.807, 2.05) is 6.07 Å². The molecule has 2 heteroatoms. The zero-order valence-electron chi connectivity index (χ0n) is 13.8. The van der Waals surface area contributed by atoms with Crippen LogP contribution < -0.4 is 0 Å². The van der Waals surface area contributed by atoms with Gasteiger partial charge in [-0.05, 0) is 48.9 Å². The molecule has 1 aliphatic rings. The van der Waals surface area contributed by atoms with Crippen molar-refractivity contribution in [2.45, 2.75) is 71.1 Å². The second-order valence-electron chi connectivity index (χ2n) is 6.94. The fourth-order valence-corrected chi connectivity index (χ4v) is 4.11. The van der Waals surface area contributed by atoms with E-state index in [-0.39, 0.29) is 0 Å². The van der Waals surface area contributed by atoms with Crippen LogP contribution in [0.4, 0.5) is 0 Å². The SMILES string of the molecule is CCCCCCCCC1CCc2c([nH]c3ccc(Cl)cc23)C1. The van der Waals surface area contributed by atoms with Crippen molar-refractivity contribution in [1.29, 1.82) is 0 Å². The van der Waals surface area contributed by atoms with Gasteiger partial charge in [0.1, 0.15) is 0 Å². The molecule has 1 heterocycles. The number of aromatic amines is 1. The third-order valence-corrected chi connectivity index (χ3v) is 5.45. The van der Waals surface area contributed by atoms with Gasteiger partial charge in [0.05, 0.1) is 0 Å². The minimum absolute atomic E-state index is 0.850. The lowest BCUT2D eigenvalue weighted by atomic mass is 9.84. The maximum atomic E-state index is 6.15. The molecule has 0 saturated carbocycles. The van der Waals surface area contributed by atoms with E-state index < -0.39 is 0 Å². The predicted molar refractivity (Wildman–Crippen MR) is 96.8 cm³/mol. The summed E-state index contributed by atoms with van der Waals surface area (Å²) in [5.74, 6) is 0.877. The molecule has 1 N–H and O–H groups in total. The van der Waals surface area contributed by atoms with E-state index in [9.17, 15) is 0 Å². The van der Waals surface area contributed by atoms with Crippen LogP contribution in [0.5, 0.6) is 0 Å². The third kappa shape index (κ3) is 3.68. The Labute approximate surface area is 139 Å². The molecular formula is C20H28ClN. The highest BCUT2D eigenvalue weighted by molar-refractivity contribution is 6.31. The van der Waals surface area contributed by atoms with Crippen molar-refractivity contribution >= 4 is 22.5 Å². The molecule has 1 nitrogen and oxygen atoms in total. The number of hydrogen-bond acceptors (Lipinski definition) is 0. The summed E-state index contributed by atoms with van der Waals surface area (Å²) in [6.45, 7) is 2.28. The number of aromatic nitrogens is 1. The summed E-state index contributed by atoms with van der Waals surface area (Å²) in [4.78, 5) is 3.63. The number of fused-ring (bicyclic) bond motifs is 3. The van der Waals surface area contributed by atoms with Gasteiger partial charge >= 0.3 is 0 Å². The topological polar surface area (TPSA) is 15.8 Å². The Morgan fingerprint density at radius 2 is 1.95 bits per heavy atom. The summed E-state index contributed by atoms with van der Waals surface area (Å²) in [5, 5.41) is 2.20. The summed E-state index contributed by atoms with van der Waals surface area (Å²) < 4.78 is 0. The molecule has 1 aromatic heterocycles. The van der Waals surface area contributed by atoms with Gasteiger partial charge in [-0.25, -0.2) is 0 Å². The number of hydrogen-bond donors (Lipinski definition) is 1. The molecule has 0 aliphatic heterocycles. The molecule has 1 aliphatic carbocycles. The van der Waals surface area contributed by atoms with Crippen LogP contribution >= 0.6 is 11.6 Å². The maximum absolute atomic E-state index is 6.15. The molecule has 0 amide bonds. The van der Waals surface area contributed by atoms with Crippen LogP contribution in [-0.4, -0.2) is 4.98 Å². The Morgan fingerprint density at radius 3 is 2.82 bits per heavy atom. The Hall–Kier alpha value is -0.950. The highest BCUT2D eigenvalue weighted by Crippen LogP contribution is 2.34. The lowest BCUT2D eigenvalue weighted by Crippen LogP contribution is -2.13. The second-order valence-corrected chi connectivity index (χ2v) is 7.37. The van der Waals surface area contributed by atoms with Gasteiger partial charge in [0.15, 0.2) is 0 Å². The first-order chi connectivity index (χ1) is 10.8. The molecule has 1 atom stereocenters. The van der Waals surface area contributed by atoms with Crippen molar-refractivity contribution in [3.8, 4) is 0 Å². The van der Waals surface area contributed by atoms with Gasteiger partial charge in [0.2, 0.25) is 0 Å². The predicted octanol–water partition coefficient (Wildman–Crippen LogP) is 6.68. The molecule has 0 spiro atoms. The van der Waals surface area contributed by atoms with Crippen LogP contribution in [0.3, 0.4) is 0 Å². The van der Waals surface area contributed by atoms with Gasteiger partial charge in [0.25, 0.3) is 0 Å². The van der Waals surface area contributed by atoms with Crippen LogP contribution in [-0.2, 0) is 12.8 Å². The molecule has 0 bridgehead atoms. The number of benzene rings is 1. The molecule has 22 heavy (non-hydrogen) atoms. The number of unbranched alkanes of at least 4 members (excludes halogenated alkanes) is 5. The molecule has 0 fully saturated rings. The molecule has 1 aromatic carbocycles. The van der Waals surface area contributed by atoms with Crippen LogP contribution in [0.1, 0.15) is 69.5 Å². The molecule has 1 unspecified atom stereocenters. The van der Waals surface area contributed by atoms with E-state index in [0.29, 0.717) is 0 Å². The Kier molecular flexibility index (Phi) is 5.46. The standard InChI is InChI=1S/C20H28ClN/c1-2-3-4-5-6-7-8-15-9-11-17-18-14-16(21)10-12-19(18)22-20(17)13-15/h10,12,14-15,22H,2-9,11,13H2,1H3. The fraction of sp³-hybridized carbons (Fsp3) is 0.600. The summed E-state index contributed by atoms with van der Waals surface area (Å²) in [7, 11) is 0. The first-order valence-electron chi connectivity index (χ1n) is 9.07. The van der Waals surface area contributed by atoms with Crippen LogP contribution in [0, 0.1) is 5.92 Å². The molecule has 0 saturated heterocycles. The number of halogens is 1. The first kappa shape index (κ1) is 15.9. The Bertz CT molecular complexity index is 613. The number of H-pyrrole nitrogens is 1. The Morgan fingerprint density at radius 1 is 1.14 bits per heavy atom. The average Bonchev–Trinajstić information content (AvgIpc) is 2.88. The van der Waals surface area contributed by atoms with Crippen molar-refractivity contribution in [3.63, 3.8) is 0 Å². The summed E-state index contributed by atoms with van der Waals surface area (Å²) in [6.07, 6.45) is 13.6. The van der Waals surface area contributed by atoms with Gasteiger partial charge in [-0.15, -0.1) is 0 Å². The van der Waals surface area contributed by atoms with Crippen molar-refractivity contribution in [2.75, 3.05) is 0 Å². The zero-order chi connectivity index (χ0) is 15.4. The minimum Gasteiger partial charge on any atom is -0.358 e. The first-order valence-corrected chi connectivity index (χ1v) is 9.44. The molecule has 120 valence electrons. The van der Waals surface area contributed by atoms with Crippen molar-refractivity contribution in [2.24, 2.45) is 5.92 Å². The normalized spacial score (nSPS) is 17.8. The summed E-state index contributed by atoms with van der Waals surface area (Å²) in [6, 6.07) is 6.23. The quantitative estimate of drug-likeness (QED) is 0.548. The highest BCUT2D eigenvalue weighted by Gasteiger charge is 2.22. The molecule has 2 aromatic rings. The highest BCUT2D eigenvalue weighted by atomic mass is 35.5. The molecular weight excluding hydrogens is 290 g/mol. The van der Waals surface area contributed by atoms with Crippen LogP contribution in [0.15, 0.2) is 18.2 Å². The average molecular weight is 318 g/mol. The summed E-state index contributed by atoms with van der Waals surface area (Å²) in [5.41, 5.74) is 4.26. The van der Waals surface area contributed by atoms with Gasteiger partial charge < -0.3 is 4.98 Å². The van der Waals surface area contributed by atoms with E-state index in [1.54, 1.807) is 0 Å². The van der Waals surface area contributed by atoms with E-state index in [4.69, 9.17) is 11.6 Å². The largest absolute Gasteiger partial charge is 0.358 e. The lowest BCUT2D eigenvalue weighted by molar-refractivity contribution is 0.402. The zero-order valence-corrected chi connectivity index (χ0v) is 14.5. The van der Waals surface area contributed by atoms with E-state index in [1.165, 1.54) is 86.4 Å². The number of nitrogens with one attached hydrogen (secondary N) is 1.